The van der Waals surface area contributed by atoms with E-state index in [0.717, 1.165) is 38.0 Å². The van der Waals surface area contributed by atoms with Crippen molar-refractivity contribution in [2.24, 2.45) is 34.5 Å². The van der Waals surface area contributed by atoms with Crippen LogP contribution in [0.3, 0.4) is 0 Å². The van der Waals surface area contributed by atoms with Gasteiger partial charge in [0.2, 0.25) is 0 Å². The van der Waals surface area contributed by atoms with E-state index in [4.69, 9.17) is 14.2 Å². The monoisotopic (exact) mass is 500 g/mol. The van der Waals surface area contributed by atoms with Crippen LogP contribution >= 0.6 is 0 Å². The van der Waals surface area contributed by atoms with E-state index >= 15 is 0 Å². The van der Waals surface area contributed by atoms with E-state index in [2.05, 4.69) is 34.6 Å². The average Bonchev–Trinajstić information content (AvgIpc) is 3.39. The van der Waals surface area contributed by atoms with Gasteiger partial charge in [0, 0.05) is 25.7 Å². The summed E-state index contributed by atoms with van der Waals surface area (Å²) in [5, 5.41) is 0. The lowest BCUT2D eigenvalue weighted by Gasteiger charge is -2.56. The molecular formula is C31H48O5. The number of hydrogen-bond acceptors (Lipinski definition) is 5. The highest BCUT2D eigenvalue weighted by atomic mass is 16.7. The van der Waals surface area contributed by atoms with Crippen LogP contribution < -0.4 is 0 Å². The maximum absolute atomic E-state index is 12.3. The summed E-state index contributed by atoms with van der Waals surface area (Å²) in [6, 6.07) is 0. The second-order valence-electron chi connectivity index (χ2n) is 13.7. The quantitative estimate of drug-likeness (QED) is 0.219. The number of carbonyl (C=O) groups is 2. The van der Waals surface area contributed by atoms with Crippen molar-refractivity contribution in [3.8, 4) is 0 Å². The van der Waals surface area contributed by atoms with Crippen molar-refractivity contribution in [3.63, 3.8) is 0 Å². The van der Waals surface area contributed by atoms with Gasteiger partial charge in [0.15, 0.2) is 6.10 Å². The summed E-state index contributed by atoms with van der Waals surface area (Å²) in [4.78, 5) is 24.1. The minimum atomic E-state index is -0.351. The molecule has 9 atom stereocenters. The molecule has 36 heavy (non-hydrogen) atoms. The molecule has 0 radical (unpaired) electrons. The topological polar surface area (TPSA) is 65.1 Å². The molecule has 5 nitrogen and oxygen atoms in total. The van der Waals surface area contributed by atoms with Gasteiger partial charge < -0.3 is 14.2 Å². The SMILES string of the molecule is CC(=O)O[C@H]1CC[C@]2(C)[C@H]3CC[C@@]4(C)C(=C3[C@H](OC(C)=O)[C@@H]3O[C@@]32C1)CC[C@@H]4[C@H](C)CCCC(C)C. The Morgan fingerprint density at radius 2 is 1.72 bits per heavy atom. The van der Waals surface area contributed by atoms with E-state index in [1.165, 1.54) is 51.5 Å². The van der Waals surface area contributed by atoms with Crippen LogP contribution in [-0.4, -0.2) is 35.9 Å². The van der Waals surface area contributed by atoms with Crippen LogP contribution in [0.1, 0.15) is 113 Å². The Morgan fingerprint density at radius 3 is 2.39 bits per heavy atom. The molecule has 3 saturated carbocycles. The summed E-state index contributed by atoms with van der Waals surface area (Å²) in [7, 11) is 0. The lowest BCUT2D eigenvalue weighted by atomic mass is 9.48. The van der Waals surface area contributed by atoms with Crippen molar-refractivity contribution < 1.29 is 23.8 Å². The lowest BCUT2D eigenvalue weighted by Crippen LogP contribution is -2.58. The Hall–Kier alpha value is -1.36. The molecule has 1 spiro atoms. The third-order valence-electron chi connectivity index (χ3n) is 11.2. The van der Waals surface area contributed by atoms with E-state index in [1.807, 2.05) is 0 Å². The highest BCUT2D eigenvalue weighted by Crippen LogP contribution is 2.73. The summed E-state index contributed by atoms with van der Waals surface area (Å²) in [6.07, 6.45) is 10.7. The molecule has 0 unspecified atom stereocenters. The molecule has 0 aromatic heterocycles. The normalized spacial score (nSPS) is 43.7. The molecule has 1 saturated heterocycles. The number of carbonyl (C=O) groups excluding carboxylic acids is 2. The second-order valence-corrected chi connectivity index (χ2v) is 13.7. The molecular weight excluding hydrogens is 452 g/mol. The molecule has 0 N–H and O–H groups in total. The van der Waals surface area contributed by atoms with Crippen LogP contribution in [0.15, 0.2) is 11.1 Å². The largest absolute Gasteiger partial charge is 0.462 e. The summed E-state index contributed by atoms with van der Waals surface area (Å²) in [5.74, 6) is 2.11. The first kappa shape index (κ1) is 26.3. The number of fused-ring (bicyclic) bond motifs is 3. The molecule has 1 aliphatic heterocycles. The van der Waals surface area contributed by atoms with E-state index in [9.17, 15) is 9.59 Å². The molecule has 5 heteroatoms. The van der Waals surface area contributed by atoms with Gasteiger partial charge in [-0.25, -0.2) is 0 Å². The fourth-order valence-electron chi connectivity index (χ4n) is 9.48. The first-order valence-corrected chi connectivity index (χ1v) is 14.7. The van der Waals surface area contributed by atoms with E-state index < -0.39 is 0 Å². The Labute approximate surface area is 218 Å². The molecule has 0 aromatic carbocycles. The van der Waals surface area contributed by atoms with Gasteiger partial charge in [0.25, 0.3) is 0 Å². The highest BCUT2D eigenvalue weighted by molar-refractivity contribution is 5.67. The maximum Gasteiger partial charge on any atom is 0.303 e. The molecule has 4 fully saturated rings. The van der Waals surface area contributed by atoms with Crippen molar-refractivity contribution >= 4 is 11.9 Å². The molecule has 0 amide bonds. The first-order chi connectivity index (χ1) is 16.9. The number of esters is 2. The van der Waals surface area contributed by atoms with Crippen molar-refractivity contribution in [2.75, 3.05) is 0 Å². The van der Waals surface area contributed by atoms with Crippen molar-refractivity contribution in [3.05, 3.63) is 11.1 Å². The van der Waals surface area contributed by atoms with E-state index in [1.54, 1.807) is 5.57 Å². The molecule has 5 aliphatic rings. The Bertz CT molecular complexity index is 937. The minimum Gasteiger partial charge on any atom is -0.462 e. The van der Waals surface area contributed by atoms with Gasteiger partial charge in [-0.3, -0.25) is 9.59 Å². The van der Waals surface area contributed by atoms with Crippen LogP contribution in [0.25, 0.3) is 0 Å². The van der Waals surface area contributed by atoms with Gasteiger partial charge in [-0.15, -0.1) is 0 Å². The Morgan fingerprint density at radius 1 is 1.00 bits per heavy atom. The number of ether oxygens (including phenoxy) is 3. The molecule has 0 bridgehead atoms. The number of allylic oxidation sites excluding steroid dienone is 1. The van der Waals surface area contributed by atoms with Gasteiger partial charge in [0.05, 0.1) is 0 Å². The van der Waals surface area contributed by atoms with Crippen LogP contribution in [0.4, 0.5) is 0 Å². The highest BCUT2D eigenvalue weighted by Gasteiger charge is 2.78. The first-order valence-electron chi connectivity index (χ1n) is 14.7. The fraction of sp³-hybridized carbons (Fsp3) is 0.871. The molecule has 4 aliphatic carbocycles. The predicted molar refractivity (Wildman–Crippen MR) is 139 cm³/mol. The molecule has 202 valence electrons. The Balaban J connectivity index is 1.47. The van der Waals surface area contributed by atoms with Crippen LogP contribution in [-0.2, 0) is 23.8 Å². The standard InChI is InChI=1S/C31H48O5/c1-18(2)9-8-10-19(3)23-11-12-24-26-25(14-15-29(23,24)6)30(7)16-13-22(34-20(4)32)17-31(30)28(36-31)27(26)35-21(5)33/h18-19,22-23,25,27-28H,8-17H2,1-7H3/t19-,22+,23-,25+,27+,28+,29-,30-,31+/m1/s1. The fourth-order valence-corrected chi connectivity index (χ4v) is 9.48. The van der Waals surface area contributed by atoms with E-state index in [-0.39, 0.29) is 46.7 Å². The maximum atomic E-state index is 12.3. The zero-order valence-electron chi connectivity index (χ0n) is 23.7. The van der Waals surface area contributed by atoms with Crippen LogP contribution in [0, 0.1) is 34.5 Å². The molecule has 1 heterocycles. The summed E-state index contributed by atoms with van der Waals surface area (Å²) in [6.45, 7) is 15.1. The third-order valence-corrected chi connectivity index (χ3v) is 11.2. The third kappa shape index (κ3) is 3.98. The summed E-state index contributed by atoms with van der Waals surface area (Å²) < 4.78 is 18.4. The number of epoxide rings is 1. The van der Waals surface area contributed by atoms with Crippen molar-refractivity contribution in [1.29, 1.82) is 0 Å². The summed E-state index contributed by atoms with van der Waals surface area (Å²) in [5.41, 5.74) is 2.86. The van der Waals surface area contributed by atoms with Gasteiger partial charge in [-0.2, -0.15) is 0 Å². The second kappa shape index (κ2) is 9.13. The average molecular weight is 501 g/mol. The van der Waals surface area contributed by atoms with Crippen LogP contribution in [0.2, 0.25) is 0 Å². The van der Waals surface area contributed by atoms with Gasteiger partial charge >= 0.3 is 11.9 Å². The van der Waals surface area contributed by atoms with Crippen molar-refractivity contribution in [2.45, 2.75) is 137 Å². The van der Waals surface area contributed by atoms with Crippen molar-refractivity contribution in [1.82, 2.24) is 0 Å². The lowest BCUT2D eigenvalue weighted by molar-refractivity contribution is -0.153. The Kier molecular flexibility index (Phi) is 6.66. The number of hydrogen-bond donors (Lipinski definition) is 0. The van der Waals surface area contributed by atoms with Crippen LogP contribution in [0.5, 0.6) is 0 Å². The van der Waals surface area contributed by atoms with Gasteiger partial charge in [-0.1, -0.05) is 59.5 Å². The zero-order valence-corrected chi connectivity index (χ0v) is 23.7. The summed E-state index contributed by atoms with van der Waals surface area (Å²) >= 11 is 0. The van der Waals surface area contributed by atoms with E-state index in [0.29, 0.717) is 17.8 Å². The predicted octanol–water partition coefficient (Wildman–Crippen LogP) is 6.78. The van der Waals surface area contributed by atoms with Gasteiger partial charge in [0.1, 0.15) is 17.8 Å². The minimum absolute atomic E-state index is 0.00437. The molecule has 0 aromatic rings. The smallest absolute Gasteiger partial charge is 0.303 e. The zero-order chi connectivity index (χ0) is 26.0. The van der Waals surface area contributed by atoms with Gasteiger partial charge in [-0.05, 0) is 73.2 Å². The molecule has 5 rings (SSSR count). The number of rotatable bonds is 7.